The Morgan fingerprint density at radius 3 is 2.25 bits per heavy atom. The molecule has 3 N–H and O–H groups in total. The topological polar surface area (TPSA) is 98.5 Å². The quantitative estimate of drug-likeness (QED) is 0.669. The molecule has 0 aliphatic rings. The minimum Gasteiger partial charge on any atom is -0.464 e. The summed E-state index contributed by atoms with van der Waals surface area (Å²) in [4.78, 5) is 34.3. The van der Waals surface area contributed by atoms with Gasteiger partial charge in [-0.2, -0.15) is 0 Å². The SMILES string of the molecule is CCOC(=O)[C@H](CSC(=O)[C@@H](N)C(C)C)NC(C)=O.Cl. The fraction of sp³-hybridized carbons (Fsp3) is 0.750. The monoisotopic (exact) mass is 326 g/mol. The van der Waals surface area contributed by atoms with E-state index in [9.17, 15) is 14.4 Å². The summed E-state index contributed by atoms with van der Waals surface area (Å²) in [7, 11) is 0. The van der Waals surface area contributed by atoms with E-state index in [0.29, 0.717) is 0 Å². The Kier molecular flexibility index (Phi) is 11.8. The number of thioether (sulfide) groups is 1. The molecule has 0 aromatic heterocycles. The first-order valence-electron chi connectivity index (χ1n) is 6.15. The number of nitrogens with one attached hydrogen (secondary N) is 1. The summed E-state index contributed by atoms with van der Waals surface area (Å²) in [5, 5.41) is 2.26. The van der Waals surface area contributed by atoms with Crippen molar-refractivity contribution >= 4 is 41.2 Å². The molecule has 0 unspecified atom stereocenters. The Bertz CT molecular complexity index is 339. The predicted molar refractivity (Wildman–Crippen MR) is 81.8 cm³/mol. The summed E-state index contributed by atoms with van der Waals surface area (Å²) < 4.78 is 4.84. The van der Waals surface area contributed by atoms with Gasteiger partial charge < -0.3 is 15.8 Å². The van der Waals surface area contributed by atoms with E-state index in [4.69, 9.17) is 10.5 Å². The van der Waals surface area contributed by atoms with Crippen LogP contribution in [0.25, 0.3) is 0 Å². The van der Waals surface area contributed by atoms with E-state index in [0.717, 1.165) is 11.8 Å². The first kappa shape index (κ1) is 21.5. The van der Waals surface area contributed by atoms with Crippen LogP contribution in [0.3, 0.4) is 0 Å². The van der Waals surface area contributed by atoms with Crippen molar-refractivity contribution in [1.29, 1.82) is 0 Å². The molecule has 0 saturated carbocycles. The van der Waals surface area contributed by atoms with E-state index in [2.05, 4.69) is 5.32 Å². The lowest BCUT2D eigenvalue weighted by atomic mass is 10.1. The fourth-order valence-electron chi connectivity index (χ4n) is 1.19. The second-order valence-electron chi connectivity index (χ2n) is 4.40. The van der Waals surface area contributed by atoms with Crippen LogP contribution in [0.4, 0.5) is 0 Å². The molecule has 0 aromatic rings. The van der Waals surface area contributed by atoms with Gasteiger partial charge in [0.05, 0.1) is 12.6 Å². The van der Waals surface area contributed by atoms with Crippen molar-refractivity contribution in [2.75, 3.05) is 12.4 Å². The summed E-state index contributed by atoms with van der Waals surface area (Å²) in [6, 6.07) is -1.41. The number of esters is 1. The molecule has 118 valence electrons. The average molecular weight is 327 g/mol. The van der Waals surface area contributed by atoms with Crippen LogP contribution in [-0.2, 0) is 19.1 Å². The van der Waals surface area contributed by atoms with E-state index < -0.39 is 18.1 Å². The second-order valence-corrected chi connectivity index (χ2v) is 5.43. The Hall–Kier alpha value is -0.790. The molecule has 1 amide bonds. The summed E-state index contributed by atoms with van der Waals surface area (Å²) in [6.45, 7) is 6.90. The number of rotatable bonds is 7. The maximum Gasteiger partial charge on any atom is 0.329 e. The van der Waals surface area contributed by atoms with Gasteiger partial charge >= 0.3 is 5.97 Å². The van der Waals surface area contributed by atoms with Crippen LogP contribution in [0.15, 0.2) is 0 Å². The highest BCUT2D eigenvalue weighted by Crippen LogP contribution is 2.12. The molecule has 0 radical (unpaired) electrons. The number of hydrogen-bond donors (Lipinski definition) is 2. The summed E-state index contributed by atoms with van der Waals surface area (Å²) >= 11 is 0.938. The van der Waals surface area contributed by atoms with Crippen molar-refractivity contribution < 1.29 is 19.1 Å². The molecular weight excluding hydrogens is 304 g/mol. The van der Waals surface area contributed by atoms with Crippen LogP contribution in [0.5, 0.6) is 0 Å². The minimum atomic E-state index is -0.828. The Morgan fingerprint density at radius 2 is 1.85 bits per heavy atom. The molecule has 8 heteroatoms. The zero-order valence-corrected chi connectivity index (χ0v) is 13.8. The van der Waals surface area contributed by atoms with E-state index in [1.54, 1.807) is 6.92 Å². The fourth-order valence-corrected chi connectivity index (χ4v) is 2.21. The van der Waals surface area contributed by atoms with Crippen LogP contribution in [0.2, 0.25) is 0 Å². The zero-order chi connectivity index (χ0) is 15.0. The zero-order valence-electron chi connectivity index (χ0n) is 12.2. The molecule has 0 heterocycles. The van der Waals surface area contributed by atoms with Crippen molar-refractivity contribution in [2.45, 2.75) is 39.8 Å². The van der Waals surface area contributed by atoms with Crippen LogP contribution < -0.4 is 11.1 Å². The normalized spacial score (nSPS) is 13.1. The van der Waals surface area contributed by atoms with Crippen molar-refractivity contribution in [3.8, 4) is 0 Å². The first-order valence-corrected chi connectivity index (χ1v) is 7.14. The molecule has 0 aliphatic carbocycles. The highest BCUT2D eigenvalue weighted by Gasteiger charge is 2.24. The molecule has 0 bridgehead atoms. The van der Waals surface area contributed by atoms with Crippen molar-refractivity contribution in [3.63, 3.8) is 0 Å². The molecule has 0 rings (SSSR count). The molecule has 0 aliphatic heterocycles. The van der Waals surface area contributed by atoms with Gasteiger partial charge in [0.25, 0.3) is 0 Å². The standard InChI is InChI=1S/C12H22N2O4S.ClH/c1-5-18-11(16)9(14-8(4)15)6-19-12(17)10(13)7(2)3;/h7,9-10H,5-6,13H2,1-4H3,(H,14,15);1H/t9-,10-;/m0./s1. The van der Waals surface area contributed by atoms with Gasteiger partial charge in [0, 0.05) is 12.7 Å². The number of carbonyl (C=O) groups is 3. The third-order valence-corrected chi connectivity index (χ3v) is 3.39. The Morgan fingerprint density at radius 1 is 1.30 bits per heavy atom. The van der Waals surface area contributed by atoms with E-state index >= 15 is 0 Å². The largest absolute Gasteiger partial charge is 0.464 e. The molecular formula is C12H23ClN2O4S. The average Bonchev–Trinajstić information content (AvgIpc) is 2.32. The lowest BCUT2D eigenvalue weighted by molar-refractivity contribution is -0.146. The number of amides is 1. The van der Waals surface area contributed by atoms with Crippen molar-refractivity contribution in [3.05, 3.63) is 0 Å². The smallest absolute Gasteiger partial charge is 0.329 e. The van der Waals surface area contributed by atoms with Gasteiger partial charge in [-0.25, -0.2) is 4.79 Å². The Balaban J connectivity index is 0. The third-order valence-electron chi connectivity index (χ3n) is 2.33. The van der Waals surface area contributed by atoms with Gasteiger partial charge in [0.1, 0.15) is 6.04 Å². The highest BCUT2D eigenvalue weighted by atomic mass is 35.5. The number of carbonyl (C=O) groups excluding carboxylic acids is 3. The van der Waals surface area contributed by atoms with E-state index in [-0.39, 0.29) is 41.7 Å². The lowest BCUT2D eigenvalue weighted by Crippen LogP contribution is -2.43. The van der Waals surface area contributed by atoms with Crippen molar-refractivity contribution in [1.82, 2.24) is 5.32 Å². The molecule has 0 saturated heterocycles. The molecule has 0 spiro atoms. The van der Waals surface area contributed by atoms with Gasteiger partial charge in [-0.3, -0.25) is 9.59 Å². The predicted octanol–water partition coefficient (Wildman–Crippen LogP) is 0.719. The van der Waals surface area contributed by atoms with E-state index in [1.807, 2.05) is 13.8 Å². The molecule has 6 nitrogen and oxygen atoms in total. The van der Waals surface area contributed by atoms with Gasteiger partial charge in [-0.15, -0.1) is 12.4 Å². The number of hydrogen-bond acceptors (Lipinski definition) is 6. The summed E-state index contributed by atoms with van der Waals surface area (Å²) in [5.41, 5.74) is 5.71. The van der Waals surface area contributed by atoms with Crippen LogP contribution in [-0.4, -0.2) is 41.4 Å². The minimum absolute atomic E-state index is 0. The van der Waals surface area contributed by atoms with Gasteiger partial charge in [-0.05, 0) is 12.8 Å². The van der Waals surface area contributed by atoms with Crippen LogP contribution in [0.1, 0.15) is 27.7 Å². The number of halogens is 1. The molecule has 20 heavy (non-hydrogen) atoms. The van der Waals surface area contributed by atoms with Crippen molar-refractivity contribution in [2.24, 2.45) is 11.7 Å². The van der Waals surface area contributed by atoms with E-state index in [1.165, 1.54) is 6.92 Å². The van der Waals surface area contributed by atoms with Crippen LogP contribution >= 0.6 is 24.2 Å². The van der Waals surface area contributed by atoms with Crippen LogP contribution in [0, 0.1) is 5.92 Å². The van der Waals surface area contributed by atoms with Gasteiger partial charge in [0.15, 0.2) is 0 Å². The molecule has 0 fully saturated rings. The van der Waals surface area contributed by atoms with Gasteiger partial charge in [-0.1, -0.05) is 25.6 Å². The maximum atomic E-state index is 11.7. The lowest BCUT2D eigenvalue weighted by Gasteiger charge is -2.18. The maximum absolute atomic E-state index is 11.7. The molecule has 2 atom stereocenters. The highest BCUT2D eigenvalue weighted by molar-refractivity contribution is 8.13. The second kappa shape index (κ2) is 10.9. The van der Waals surface area contributed by atoms with Gasteiger partial charge in [0.2, 0.25) is 11.0 Å². The first-order chi connectivity index (χ1) is 8.79. The number of nitrogens with two attached hydrogens (primary N) is 1. The third kappa shape index (κ3) is 8.39. The Labute approximate surface area is 130 Å². The molecule has 0 aromatic carbocycles. The number of ether oxygens (including phenoxy) is 1. The summed E-state index contributed by atoms with van der Waals surface area (Å²) in [5.74, 6) is -0.741. The summed E-state index contributed by atoms with van der Waals surface area (Å²) in [6.07, 6.45) is 0.